The molecule has 0 saturated heterocycles. The van der Waals surface area contributed by atoms with Gasteiger partial charge in [-0.2, -0.15) is 0 Å². The van der Waals surface area contributed by atoms with Gasteiger partial charge >= 0.3 is 11.9 Å². The molecule has 0 spiro atoms. The Bertz CT molecular complexity index is 508. The quantitative estimate of drug-likeness (QED) is 0.335. The molecule has 27 heavy (non-hydrogen) atoms. The van der Waals surface area contributed by atoms with E-state index < -0.39 is 29.4 Å². The largest absolute Gasteiger partial charge is 0.460 e. The molecule has 0 aromatic carbocycles. The van der Waals surface area contributed by atoms with Crippen LogP contribution < -0.4 is 0 Å². The molecule has 8 nitrogen and oxygen atoms in total. The Morgan fingerprint density at radius 2 is 1.19 bits per heavy atom. The van der Waals surface area contributed by atoms with Gasteiger partial charge in [-0.05, 0) is 40.5 Å². The first-order chi connectivity index (χ1) is 12.5. The highest BCUT2D eigenvalue weighted by atomic mass is 16.5. The van der Waals surface area contributed by atoms with Crippen molar-refractivity contribution in [2.45, 2.75) is 67.7 Å². The van der Waals surface area contributed by atoms with Crippen LogP contribution in [0.2, 0.25) is 0 Å². The smallest absolute Gasteiger partial charge is 0.375 e. The van der Waals surface area contributed by atoms with E-state index >= 15 is 0 Å². The predicted octanol–water partition coefficient (Wildman–Crippen LogP) is 2.25. The minimum atomic E-state index is -0.912. The molecule has 0 amide bonds. The van der Waals surface area contributed by atoms with E-state index in [0.717, 1.165) is 12.8 Å². The van der Waals surface area contributed by atoms with Gasteiger partial charge in [0.25, 0.3) is 0 Å². The van der Waals surface area contributed by atoms with Crippen LogP contribution in [0.1, 0.15) is 67.7 Å². The number of carbonyl (C=O) groups excluding carboxylic acids is 6. The number of carbonyl (C=O) groups is 6. The van der Waals surface area contributed by atoms with Gasteiger partial charge in [0.05, 0.1) is 19.1 Å². The normalized spacial score (nSPS) is 10.0. The van der Waals surface area contributed by atoms with Crippen LogP contribution in [0.4, 0.5) is 0 Å². The van der Waals surface area contributed by atoms with Crippen molar-refractivity contribution in [2.75, 3.05) is 13.2 Å². The summed E-state index contributed by atoms with van der Waals surface area (Å²) in [6, 6.07) is 0. The molecule has 0 fully saturated rings. The number of esters is 2. The SMILES string of the molecule is CCCC(C)=O.CCOC(=O)C(=O)C(CC)C(C)=O.CCOC(=O)C(C)=O. The zero-order valence-corrected chi connectivity index (χ0v) is 17.4. The lowest BCUT2D eigenvalue weighted by Crippen LogP contribution is -2.29. The average molecular weight is 388 g/mol. The minimum Gasteiger partial charge on any atom is -0.460 e. The summed E-state index contributed by atoms with van der Waals surface area (Å²) in [5.74, 6) is -3.79. The number of ether oxygens (including phenoxy) is 2. The molecule has 8 heteroatoms. The highest BCUT2D eigenvalue weighted by Gasteiger charge is 2.28. The Kier molecular flexibility index (Phi) is 20.0. The molecule has 0 aliphatic heterocycles. The lowest BCUT2D eigenvalue weighted by atomic mass is 9.97. The minimum absolute atomic E-state index is 0.152. The van der Waals surface area contributed by atoms with Gasteiger partial charge < -0.3 is 14.3 Å². The lowest BCUT2D eigenvalue weighted by Gasteiger charge is -2.07. The summed E-state index contributed by atoms with van der Waals surface area (Å²) >= 11 is 0. The predicted molar refractivity (Wildman–Crippen MR) is 99.0 cm³/mol. The van der Waals surface area contributed by atoms with Crippen LogP contribution in [-0.4, -0.2) is 48.3 Å². The number of hydrogen-bond acceptors (Lipinski definition) is 8. The van der Waals surface area contributed by atoms with E-state index in [9.17, 15) is 28.8 Å². The van der Waals surface area contributed by atoms with Gasteiger partial charge in [0.2, 0.25) is 11.6 Å². The molecule has 0 rings (SSSR count). The Hall–Kier alpha value is -2.38. The van der Waals surface area contributed by atoms with E-state index in [-0.39, 0.29) is 24.8 Å². The summed E-state index contributed by atoms with van der Waals surface area (Å²) in [5.41, 5.74) is 0. The summed E-state index contributed by atoms with van der Waals surface area (Å²) in [6.07, 6.45) is 2.06. The van der Waals surface area contributed by atoms with Gasteiger partial charge in [0.15, 0.2) is 0 Å². The zero-order chi connectivity index (χ0) is 22.0. The maximum atomic E-state index is 11.2. The van der Waals surface area contributed by atoms with E-state index in [1.807, 2.05) is 6.92 Å². The second-order valence-corrected chi connectivity index (χ2v) is 5.38. The number of Topliss-reactive ketones (excluding diaryl/α,β-unsaturated/α-hetero) is 4. The monoisotopic (exact) mass is 388 g/mol. The molecule has 1 unspecified atom stereocenters. The highest BCUT2D eigenvalue weighted by Crippen LogP contribution is 2.06. The van der Waals surface area contributed by atoms with Crippen LogP contribution in [0.5, 0.6) is 0 Å². The van der Waals surface area contributed by atoms with Crippen LogP contribution in [0.25, 0.3) is 0 Å². The first-order valence-corrected chi connectivity index (χ1v) is 8.88. The average Bonchev–Trinajstić information content (AvgIpc) is 2.56. The van der Waals surface area contributed by atoms with Gasteiger partial charge in [-0.25, -0.2) is 9.59 Å². The summed E-state index contributed by atoms with van der Waals surface area (Å²) in [7, 11) is 0. The molecule has 156 valence electrons. The third kappa shape index (κ3) is 18.2. The van der Waals surface area contributed by atoms with Crippen LogP contribution >= 0.6 is 0 Å². The first-order valence-electron chi connectivity index (χ1n) is 8.88. The topological polar surface area (TPSA) is 121 Å². The van der Waals surface area contributed by atoms with Gasteiger partial charge in [-0.1, -0.05) is 13.8 Å². The van der Waals surface area contributed by atoms with Crippen LogP contribution in [-0.2, 0) is 38.2 Å². The molecule has 0 aromatic rings. The Morgan fingerprint density at radius 3 is 1.37 bits per heavy atom. The molecule has 0 saturated carbocycles. The van der Waals surface area contributed by atoms with Gasteiger partial charge in [-0.15, -0.1) is 0 Å². The van der Waals surface area contributed by atoms with Crippen molar-refractivity contribution in [1.29, 1.82) is 0 Å². The fourth-order valence-electron chi connectivity index (χ4n) is 1.59. The fraction of sp³-hybridized carbons (Fsp3) is 0.684. The number of hydrogen-bond donors (Lipinski definition) is 0. The van der Waals surface area contributed by atoms with Crippen molar-refractivity contribution in [3.8, 4) is 0 Å². The third-order valence-corrected chi connectivity index (χ3v) is 2.86. The van der Waals surface area contributed by atoms with Gasteiger partial charge in [0.1, 0.15) is 11.6 Å². The highest BCUT2D eigenvalue weighted by molar-refractivity contribution is 6.38. The maximum Gasteiger partial charge on any atom is 0.375 e. The van der Waals surface area contributed by atoms with E-state index in [1.54, 1.807) is 27.7 Å². The van der Waals surface area contributed by atoms with Crippen LogP contribution in [0.15, 0.2) is 0 Å². The standard InChI is InChI=1S/C9H14O4.C5H8O3.C5H10O/c1-4-7(6(3)10)8(11)9(12)13-5-2;1-3-8-5(7)4(2)6;1-3-4-5(2)6/h7H,4-5H2,1-3H3;3H2,1-2H3;3-4H2,1-2H3. The molecule has 0 heterocycles. The lowest BCUT2D eigenvalue weighted by molar-refractivity contribution is -0.156. The van der Waals surface area contributed by atoms with Gasteiger partial charge in [0, 0.05) is 13.3 Å². The summed E-state index contributed by atoms with van der Waals surface area (Å²) in [5, 5.41) is 0. The number of ketones is 4. The molecule has 0 N–H and O–H groups in total. The van der Waals surface area contributed by atoms with Crippen LogP contribution in [0.3, 0.4) is 0 Å². The van der Waals surface area contributed by atoms with Crippen molar-refractivity contribution < 1.29 is 38.2 Å². The Labute approximate surface area is 161 Å². The summed E-state index contributed by atoms with van der Waals surface area (Å²) in [6.45, 7) is 11.5. The van der Waals surface area contributed by atoms with Gasteiger partial charge in [-0.3, -0.25) is 14.4 Å². The zero-order valence-electron chi connectivity index (χ0n) is 17.4. The maximum absolute atomic E-state index is 11.2. The van der Waals surface area contributed by atoms with E-state index in [4.69, 9.17) is 0 Å². The summed E-state index contributed by atoms with van der Waals surface area (Å²) < 4.78 is 8.81. The molecular weight excluding hydrogens is 356 g/mol. The number of rotatable bonds is 9. The van der Waals surface area contributed by atoms with Crippen molar-refractivity contribution in [1.82, 2.24) is 0 Å². The van der Waals surface area contributed by atoms with Crippen molar-refractivity contribution >= 4 is 35.1 Å². The van der Waals surface area contributed by atoms with Crippen molar-refractivity contribution in [3.05, 3.63) is 0 Å². The molecule has 0 aliphatic rings. The Morgan fingerprint density at radius 1 is 0.741 bits per heavy atom. The van der Waals surface area contributed by atoms with E-state index in [0.29, 0.717) is 6.42 Å². The van der Waals surface area contributed by atoms with Crippen molar-refractivity contribution in [3.63, 3.8) is 0 Å². The second kappa shape index (κ2) is 18.4. The second-order valence-electron chi connectivity index (χ2n) is 5.38. The fourth-order valence-corrected chi connectivity index (χ4v) is 1.59. The van der Waals surface area contributed by atoms with Crippen LogP contribution in [0, 0.1) is 5.92 Å². The molecule has 1 atom stereocenters. The first kappa shape index (κ1) is 29.4. The van der Waals surface area contributed by atoms with E-state index in [2.05, 4.69) is 9.47 Å². The Balaban J connectivity index is -0.000000351. The molecule has 0 aromatic heterocycles. The van der Waals surface area contributed by atoms with E-state index in [1.165, 1.54) is 13.8 Å². The molecular formula is C19H32O8. The molecule has 0 bridgehead atoms. The summed E-state index contributed by atoms with van der Waals surface area (Å²) in [4.78, 5) is 63.3. The molecule has 0 aliphatic carbocycles. The molecule has 0 radical (unpaired) electrons. The third-order valence-electron chi connectivity index (χ3n) is 2.86. The van der Waals surface area contributed by atoms with Crippen molar-refractivity contribution in [2.24, 2.45) is 5.92 Å².